The molecular weight excluding hydrogens is 160 g/mol. The normalized spacial score (nSPS) is 11.9. The summed E-state index contributed by atoms with van der Waals surface area (Å²) in [6, 6.07) is 0. The van der Waals surface area contributed by atoms with Crippen molar-refractivity contribution in [2.75, 3.05) is 5.73 Å². The highest BCUT2D eigenvalue weighted by atomic mass is 35.5. The van der Waals surface area contributed by atoms with E-state index < -0.39 is 0 Å². The fraction of sp³-hybridized carbons (Fsp3) is 0. The molecule has 0 bridgehead atoms. The molecule has 0 aromatic carbocycles. The average molecular weight is 164 g/mol. The summed E-state index contributed by atoms with van der Waals surface area (Å²) in [5.74, 6) is 0.0200. The molecule has 0 amide bonds. The van der Waals surface area contributed by atoms with Gasteiger partial charge in [-0.25, -0.2) is 4.63 Å². The van der Waals surface area contributed by atoms with E-state index in [2.05, 4.69) is 14.9 Å². The Hall–Kier alpha value is -1.30. The smallest absolute Gasteiger partial charge is 0.349 e. The van der Waals surface area contributed by atoms with Crippen LogP contribution in [0.3, 0.4) is 0 Å². The SMILES string of the molecule is Nc1nonc1C(Cl)=[NH+]O. The van der Waals surface area contributed by atoms with Gasteiger partial charge in [0.05, 0.1) is 0 Å². The number of hydrogen-bond donors (Lipinski definition) is 3. The van der Waals surface area contributed by atoms with Crippen molar-refractivity contribution >= 4 is 22.6 Å². The van der Waals surface area contributed by atoms with Crippen LogP contribution in [-0.2, 0) is 0 Å². The first-order valence-corrected chi connectivity index (χ1v) is 2.64. The summed E-state index contributed by atoms with van der Waals surface area (Å²) in [4.78, 5) is 0. The van der Waals surface area contributed by atoms with Crippen LogP contribution in [0, 0.1) is 0 Å². The highest BCUT2D eigenvalue weighted by Gasteiger charge is 2.16. The summed E-state index contributed by atoms with van der Waals surface area (Å²) in [5.41, 5.74) is 5.28. The van der Waals surface area contributed by atoms with E-state index in [-0.39, 0.29) is 16.7 Å². The van der Waals surface area contributed by atoms with Gasteiger partial charge in [-0.05, 0) is 27.1 Å². The van der Waals surface area contributed by atoms with Crippen LogP contribution in [0.5, 0.6) is 0 Å². The summed E-state index contributed by atoms with van der Waals surface area (Å²) in [6.07, 6.45) is 0. The lowest BCUT2D eigenvalue weighted by Crippen LogP contribution is -2.67. The summed E-state index contributed by atoms with van der Waals surface area (Å²) in [7, 11) is 0. The minimum atomic E-state index is -0.126. The predicted octanol–water partition coefficient (Wildman–Crippen LogP) is -1.89. The van der Waals surface area contributed by atoms with Crippen LogP contribution < -0.4 is 10.9 Å². The second-order valence-electron chi connectivity index (χ2n) is 1.42. The predicted molar refractivity (Wildman–Crippen MR) is 31.4 cm³/mol. The first-order valence-electron chi connectivity index (χ1n) is 2.26. The van der Waals surface area contributed by atoms with Crippen LogP contribution in [0.1, 0.15) is 5.69 Å². The van der Waals surface area contributed by atoms with Gasteiger partial charge < -0.3 is 5.73 Å². The van der Waals surface area contributed by atoms with Gasteiger partial charge >= 0.3 is 5.17 Å². The fourth-order valence-corrected chi connectivity index (χ4v) is 0.532. The van der Waals surface area contributed by atoms with E-state index >= 15 is 0 Å². The van der Waals surface area contributed by atoms with Gasteiger partial charge in [-0.1, -0.05) is 0 Å². The molecule has 0 radical (unpaired) electrons. The molecule has 0 saturated heterocycles. The van der Waals surface area contributed by atoms with E-state index in [0.717, 1.165) is 0 Å². The molecule has 0 spiro atoms. The van der Waals surface area contributed by atoms with E-state index in [1.807, 2.05) is 0 Å². The summed E-state index contributed by atoms with van der Waals surface area (Å²) >= 11 is 5.35. The van der Waals surface area contributed by atoms with Crippen molar-refractivity contribution in [3.63, 3.8) is 0 Å². The maximum Gasteiger partial charge on any atom is 0.349 e. The molecule has 0 unspecified atom stereocenters. The molecule has 1 aromatic heterocycles. The molecule has 1 heterocycles. The number of anilines is 1. The van der Waals surface area contributed by atoms with Gasteiger partial charge in [0.15, 0.2) is 0 Å². The number of nitrogens with zero attached hydrogens (tertiary/aromatic N) is 2. The van der Waals surface area contributed by atoms with Crippen molar-refractivity contribution in [1.29, 1.82) is 0 Å². The lowest BCUT2D eigenvalue weighted by atomic mass is 10.5. The van der Waals surface area contributed by atoms with Crippen molar-refractivity contribution in [2.24, 2.45) is 0 Å². The Morgan fingerprint density at radius 1 is 1.70 bits per heavy atom. The Morgan fingerprint density at radius 3 is 2.80 bits per heavy atom. The number of aromatic nitrogens is 2. The van der Waals surface area contributed by atoms with Crippen molar-refractivity contribution in [1.82, 2.24) is 10.3 Å². The maximum absolute atomic E-state index is 8.25. The van der Waals surface area contributed by atoms with Gasteiger partial charge in [0, 0.05) is 0 Å². The minimum Gasteiger partial charge on any atom is -0.379 e. The fourth-order valence-electron chi connectivity index (χ4n) is 0.401. The number of hydrogen-bond acceptors (Lipinski definition) is 5. The Labute approximate surface area is 60.2 Å². The summed E-state index contributed by atoms with van der Waals surface area (Å²) in [5, 5.41) is 16.3. The van der Waals surface area contributed by atoms with Gasteiger partial charge in [-0.2, -0.15) is 0 Å². The van der Waals surface area contributed by atoms with E-state index in [1.54, 1.807) is 5.16 Å². The lowest BCUT2D eigenvalue weighted by molar-refractivity contribution is -0.735. The molecule has 0 aliphatic rings. The Kier molecular flexibility index (Phi) is 1.72. The van der Waals surface area contributed by atoms with Crippen LogP contribution >= 0.6 is 11.6 Å². The second kappa shape index (κ2) is 2.53. The highest BCUT2D eigenvalue weighted by Crippen LogP contribution is 2.04. The zero-order valence-electron chi connectivity index (χ0n) is 4.71. The number of halogens is 1. The summed E-state index contributed by atoms with van der Waals surface area (Å²) < 4.78 is 4.19. The van der Waals surface area contributed by atoms with Crippen molar-refractivity contribution < 1.29 is 15.0 Å². The molecule has 4 N–H and O–H groups in total. The molecule has 1 aromatic rings. The second-order valence-corrected chi connectivity index (χ2v) is 1.80. The molecule has 0 atom stereocenters. The Balaban J connectivity index is 3.05. The average Bonchev–Trinajstić information content (AvgIpc) is 2.34. The molecule has 0 saturated carbocycles. The van der Waals surface area contributed by atoms with Crippen molar-refractivity contribution in [2.45, 2.75) is 0 Å². The third kappa shape index (κ3) is 1.01. The molecule has 10 heavy (non-hydrogen) atoms. The van der Waals surface area contributed by atoms with E-state index in [9.17, 15) is 0 Å². The number of rotatable bonds is 1. The van der Waals surface area contributed by atoms with E-state index in [0.29, 0.717) is 0 Å². The molecule has 0 fully saturated rings. The van der Waals surface area contributed by atoms with Gasteiger partial charge in [0.25, 0.3) is 0 Å². The maximum atomic E-state index is 8.25. The van der Waals surface area contributed by atoms with Crippen LogP contribution in [0.4, 0.5) is 5.82 Å². The zero-order valence-corrected chi connectivity index (χ0v) is 5.46. The standard InChI is InChI=1S/C3H3ClN4O2/c4-2(6-9)1-3(5)8-10-7-1/h9H,(H2,5,8)/p+1. The van der Waals surface area contributed by atoms with Gasteiger partial charge in [0.1, 0.15) is 0 Å². The van der Waals surface area contributed by atoms with E-state index in [1.165, 1.54) is 0 Å². The Bertz CT molecular complexity index is 257. The van der Waals surface area contributed by atoms with Crippen LogP contribution in [0.2, 0.25) is 0 Å². The van der Waals surface area contributed by atoms with Crippen LogP contribution in [-0.4, -0.2) is 20.7 Å². The first-order chi connectivity index (χ1) is 4.75. The highest BCUT2D eigenvalue weighted by molar-refractivity contribution is 6.67. The number of nitrogens with one attached hydrogen (secondary N) is 1. The number of nitrogens with two attached hydrogens (primary N) is 1. The third-order valence-electron chi connectivity index (χ3n) is 0.820. The third-order valence-corrected chi connectivity index (χ3v) is 1.08. The first kappa shape index (κ1) is 6.81. The Morgan fingerprint density at radius 2 is 2.40 bits per heavy atom. The zero-order chi connectivity index (χ0) is 7.56. The van der Waals surface area contributed by atoms with Crippen LogP contribution in [0.15, 0.2) is 4.63 Å². The molecule has 7 heteroatoms. The lowest BCUT2D eigenvalue weighted by Gasteiger charge is -1.78. The van der Waals surface area contributed by atoms with Crippen molar-refractivity contribution in [3.8, 4) is 0 Å². The molecule has 1 rings (SSSR count). The van der Waals surface area contributed by atoms with Gasteiger partial charge in [-0.3, -0.25) is 5.21 Å². The minimum absolute atomic E-state index is 0.0200. The monoisotopic (exact) mass is 163 g/mol. The molecule has 0 aliphatic carbocycles. The van der Waals surface area contributed by atoms with Crippen LogP contribution in [0.25, 0.3) is 0 Å². The summed E-state index contributed by atoms with van der Waals surface area (Å²) in [6.45, 7) is 0. The van der Waals surface area contributed by atoms with Crippen molar-refractivity contribution in [3.05, 3.63) is 5.69 Å². The molecule has 6 nitrogen and oxygen atoms in total. The molecule has 0 aliphatic heterocycles. The quantitative estimate of drug-likeness (QED) is 0.255. The van der Waals surface area contributed by atoms with Gasteiger partial charge in [0.2, 0.25) is 11.5 Å². The van der Waals surface area contributed by atoms with E-state index in [4.69, 9.17) is 22.5 Å². The number of nitrogen functional groups attached to an aromatic ring is 1. The topological polar surface area (TPSA) is 99.1 Å². The molecular formula is C3H4ClN4O2+. The largest absolute Gasteiger partial charge is 0.379 e. The van der Waals surface area contributed by atoms with Gasteiger partial charge in [-0.15, -0.1) is 0 Å². The molecule has 54 valence electrons.